The van der Waals surface area contributed by atoms with E-state index < -0.39 is 4.92 Å². The van der Waals surface area contributed by atoms with Gasteiger partial charge in [-0.2, -0.15) is 0 Å². The average molecular weight is 349 g/mol. The van der Waals surface area contributed by atoms with E-state index in [0.29, 0.717) is 44.1 Å². The summed E-state index contributed by atoms with van der Waals surface area (Å²) in [6.07, 6.45) is 2.99. The van der Waals surface area contributed by atoms with Crippen LogP contribution < -0.4 is 5.32 Å². The van der Waals surface area contributed by atoms with E-state index in [1.54, 1.807) is 24.1 Å². The van der Waals surface area contributed by atoms with Crippen molar-refractivity contribution in [2.45, 2.75) is 24.9 Å². The highest BCUT2D eigenvalue weighted by Crippen LogP contribution is 2.36. The lowest BCUT2D eigenvalue weighted by Crippen LogP contribution is -2.45. The van der Waals surface area contributed by atoms with Crippen LogP contribution in [0.4, 0.5) is 11.4 Å². The maximum absolute atomic E-state index is 12.5. The SMILES string of the molecule is COC1(CNc2ccc(C(=O)N3CCOCC3)cc2[N+](=O)[O-])CCC1. The number of amides is 1. The molecule has 0 bridgehead atoms. The quantitative estimate of drug-likeness (QED) is 0.624. The number of carbonyl (C=O) groups excluding carboxylic acids is 1. The van der Waals surface area contributed by atoms with Crippen LogP contribution in [0.3, 0.4) is 0 Å². The highest BCUT2D eigenvalue weighted by atomic mass is 16.6. The molecular weight excluding hydrogens is 326 g/mol. The van der Waals surface area contributed by atoms with Gasteiger partial charge in [0.1, 0.15) is 5.69 Å². The lowest BCUT2D eigenvalue weighted by Gasteiger charge is -2.40. The molecule has 136 valence electrons. The third-order valence-corrected chi connectivity index (χ3v) is 5.04. The maximum atomic E-state index is 12.5. The predicted molar refractivity (Wildman–Crippen MR) is 91.9 cm³/mol. The molecule has 2 fully saturated rings. The van der Waals surface area contributed by atoms with Gasteiger partial charge in [0, 0.05) is 38.4 Å². The number of hydrogen-bond acceptors (Lipinski definition) is 6. The Labute approximate surface area is 146 Å². The number of benzene rings is 1. The van der Waals surface area contributed by atoms with Gasteiger partial charge < -0.3 is 19.7 Å². The van der Waals surface area contributed by atoms with Crippen molar-refractivity contribution in [3.63, 3.8) is 0 Å². The number of nitrogens with one attached hydrogen (secondary N) is 1. The number of hydrogen-bond donors (Lipinski definition) is 1. The van der Waals surface area contributed by atoms with Crippen molar-refractivity contribution in [1.82, 2.24) is 4.90 Å². The van der Waals surface area contributed by atoms with Gasteiger partial charge in [0.05, 0.1) is 23.7 Å². The van der Waals surface area contributed by atoms with Crippen molar-refractivity contribution in [1.29, 1.82) is 0 Å². The van der Waals surface area contributed by atoms with E-state index in [9.17, 15) is 14.9 Å². The van der Waals surface area contributed by atoms with Crippen LogP contribution in [0.2, 0.25) is 0 Å². The van der Waals surface area contributed by atoms with Crippen LogP contribution in [0.25, 0.3) is 0 Å². The summed E-state index contributed by atoms with van der Waals surface area (Å²) in [6, 6.07) is 4.58. The molecule has 25 heavy (non-hydrogen) atoms. The molecular formula is C17H23N3O5. The molecule has 2 aliphatic rings. The lowest BCUT2D eigenvalue weighted by atomic mass is 9.80. The van der Waals surface area contributed by atoms with Crippen LogP contribution in [0, 0.1) is 10.1 Å². The van der Waals surface area contributed by atoms with Crippen molar-refractivity contribution in [2.24, 2.45) is 0 Å². The zero-order valence-electron chi connectivity index (χ0n) is 14.3. The fourth-order valence-corrected chi connectivity index (χ4v) is 3.19. The first-order chi connectivity index (χ1) is 12.0. The number of rotatable bonds is 6. The first-order valence-electron chi connectivity index (χ1n) is 8.49. The molecule has 1 aromatic rings. The Bertz CT molecular complexity index is 648. The molecule has 1 aromatic carbocycles. The summed E-state index contributed by atoms with van der Waals surface area (Å²) >= 11 is 0. The first-order valence-corrected chi connectivity index (χ1v) is 8.49. The summed E-state index contributed by atoms with van der Waals surface area (Å²) in [6.45, 7) is 2.51. The second-order valence-electron chi connectivity index (χ2n) is 6.49. The molecule has 1 aliphatic carbocycles. The fraction of sp³-hybridized carbons (Fsp3) is 0.588. The van der Waals surface area contributed by atoms with E-state index in [4.69, 9.17) is 9.47 Å². The molecule has 0 atom stereocenters. The monoisotopic (exact) mass is 349 g/mol. The van der Waals surface area contributed by atoms with Crippen molar-refractivity contribution in [2.75, 3.05) is 45.3 Å². The molecule has 1 heterocycles. The number of carbonyl (C=O) groups is 1. The summed E-state index contributed by atoms with van der Waals surface area (Å²) in [4.78, 5) is 25.1. The average Bonchev–Trinajstić information content (AvgIpc) is 2.61. The van der Waals surface area contributed by atoms with Crippen LogP contribution in [0.1, 0.15) is 29.6 Å². The number of morpholine rings is 1. The highest BCUT2D eigenvalue weighted by molar-refractivity contribution is 5.95. The molecule has 0 spiro atoms. The summed E-state index contributed by atoms with van der Waals surface area (Å²) in [7, 11) is 1.67. The van der Waals surface area contributed by atoms with Gasteiger partial charge in [0.25, 0.3) is 11.6 Å². The number of nitro benzene ring substituents is 1. The molecule has 3 rings (SSSR count). The van der Waals surface area contributed by atoms with Gasteiger partial charge in [-0.1, -0.05) is 0 Å². The lowest BCUT2D eigenvalue weighted by molar-refractivity contribution is -0.384. The largest absolute Gasteiger partial charge is 0.378 e. The summed E-state index contributed by atoms with van der Waals surface area (Å²) < 4.78 is 10.8. The Balaban J connectivity index is 1.75. The van der Waals surface area contributed by atoms with Crippen LogP contribution in [-0.4, -0.2) is 61.3 Å². The van der Waals surface area contributed by atoms with E-state index in [1.807, 2.05) is 0 Å². The first kappa shape index (κ1) is 17.6. The van der Waals surface area contributed by atoms with Gasteiger partial charge in [0.15, 0.2) is 0 Å². The zero-order chi connectivity index (χ0) is 17.9. The van der Waals surface area contributed by atoms with E-state index in [-0.39, 0.29) is 17.2 Å². The number of ether oxygens (including phenoxy) is 2. The van der Waals surface area contributed by atoms with E-state index in [1.165, 1.54) is 6.07 Å². The topological polar surface area (TPSA) is 93.9 Å². The third kappa shape index (κ3) is 3.74. The third-order valence-electron chi connectivity index (χ3n) is 5.04. The Morgan fingerprint density at radius 3 is 2.68 bits per heavy atom. The van der Waals surface area contributed by atoms with Crippen molar-refractivity contribution < 1.29 is 19.2 Å². The standard InChI is InChI=1S/C17H23N3O5/c1-24-17(5-2-6-17)12-18-14-4-3-13(11-15(14)20(22)23)16(21)19-7-9-25-10-8-19/h3-4,11,18H,2,5-10,12H2,1H3. The Hall–Kier alpha value is -2.19. The maximum Gasteiger partial charge on any atom is 0.293 e. The second kappa shape index (κ2) is 7.37. The van der Waals surface area contributed by atoms with Crippen molar-refractivity contribution in [3.8, 4) is 0 Å². The van der Waals surface area contributed by atoms with Crippen LogP contribution in [0.5, 0.6) is 0 Å². The molecule has 1 saturated heterocycles. The molecule has 1 aliphatic heterocycles. The van der Waals surface area contributed by atoms with Gasteiger partial charge in [-0.25, -0.2) is 0 Å². The summed E-state index contributed by atoms with van der Waals surface area (Å²) in [5.74, 6) is -0.203. The Morgan fingerprint density at radius 1 is 1.40 bits per heavy atom. The summed E-state index contributed by atoms with van der Waals surface area (Å²) in [5.41, 5.74) is 0.400. The van der Waals surface area contributed by atoms with Crippen LogP contribution >= 0.6 is 0 Å². The van der Waals surface area contributed by atoms with E-state index in [2.05, 4.69) is 5.32 Å². The summed E-state index contributed by atoms with van der Waals surface area (Å²) in [5, 5.41) is 14.6. The fourth-order valence-electron chi connectivity index (χ4n) is 3.19. The number of nitro groups is 1. The van der Waals surface area contributed by atoms with Gasteiger partial charge in [-0.3, -0.25) is 14.9 Å². The molecule has 0 aromatic heterocycles. The van der Waals surface area contributed by atoms with Crippen molar-refractivity contribution >= 4 is 17.3 Å². The number of methoxy groups -OCH3 is 1. The van der Waals surface area contributed by atoms with Gasteiger partial charge >= 0.3 is 0 Å². The van der Waals surface area contributed by atoms with Gasteiger partial charge in [0.2, 0.25) is 0 Å². The van der Waals surface area contributed by atoms with Crippen LogP contribution in [0.15, 0.2) is 18.2 Å². The molecule has 1 N–H and O–H groups in total. The van der Waals surface area contributed by atoms with Crippen molar-refractivity contribution in [3.05, 3.63) is 33.9 Å². The molecule has 1 saturated carbocycles. The second-order valence-corrected chi connectivity index (χ2v) is 6.49. The molecule has 8 nitrogen and oxygen atoms in total. The molecule has 1 amide bonds. The Kier molecular flexibility index (Phi) is 5.19. The normalized spacial score (nSPS) is 19.2. The number of anilines is 1. The number of nitrogens with zero attached hydrogens (tertiary/aromatic N) is 2. The van der Waals surface area contributed by atoms with Gasteiger partial charge in [-0.15, -0.1) is 0 Å². The van der Waals surface area contributed by atoms with E-state index >= 15 is 0 Å². The molecule has 0 radical (unpaired) electrons. The van der Waals surface area contributed by atoms with Crippen LogP contribution in [-0.2, 0) is 9.47 Å². The minimum Gasteiger partial charge on any atom is -0.378 e. The minimum atomic E-state index is -0.460. The smallest absolute Gasteiger partial charge is 0.293 e. The minimum absolute atomic E-state index is 0.0929. The molecule has 0 unspecified atom stereocenters. The molecule has 8 heteroatoms. The predicted octanol–water partition coefficient (Wildman–Crippen LogP) is 2.05. The zero-order valence-corrected chi connectivity index (χ0v) is 14.3. The Morgan fingerprint density at radius 2 is 2.12 bits per heavy atom. The van der Waals surface area contributed by atoms with E-state index in [0.717, 1.165) is 19.3 Å². The highest BCUT2D eigenvalue weighted by Gasteiger charge is 2.37. The van der Waals surface area contributed by atoms with Gasteiger partial charge in [-0.05, 0) is 31.4 Å².